The summed E-state index contributed by atoms with van der Waals surface area (Å²) in [6.45, 7) is 10.3. The van der Waals surface area contributed by atoms with Gasteiger partial charge in [-0.2, -0.15) is 4.31 Å². The van der Waals surface area contributed by atoms with E-state index in [1.165, 1.54) is 34.8 Å². The minimum atomic E-state index is -4.07. The number of nitrogens with one attached hydrogen (secondary N) is 1. The topological polar surface area (TPSA) is 161 Å². The van der Waals surface area contributed by atoms with E-state index < -0.39 is 39.5 Å². The molecule has 1 aliphatic rings. The Kier molecular flexibility index (Phi) is 12.3. The molecule has 3 amide bonds. The summed E-state index contributed by atoms with van der Waals surface area (Å²) in [5, 5.41) is 26.8. The van der Waals surface area contributed by atoms with Gasteiger partial charge in [-0.15, -0.1) is 0 Å². The second kappa shape index (κ2) is 16.5. The number of hydrogen-bond donors (Lipinski definition) is 3. The molecular formula is C39H51N7O6S. The van der Waals surface area contributed by atoms with Crippen molar-refractivity contribution in [2.24, 2.45) is 23.5 Å². The number of aliphatic hydroxyl groups is 1. The summed E-state index contributed by atoms with van der Waals surface area (Å²) < 4.78 is 31.1. The number of para-hydroxylation sites is 2. The maximum absolute atomic E-state index is 14.4. The minimum Gasteiger partial charge on any atom is -0.411 e. The molecule has 0 aliphatic carbocycles. The highest BCUT2D eigenvalue weighted by Gasteiger charge is 2.44. The first-order valence-corrected chi connectivity index (χ1v) is 19.3. The fourth-order valence-electron chi connectivity index (χ4n) is 6.87. The third-order valence-corrected chi connectivity index (χ3v) is 11.3. The van der Waals surface area contributed by atoms with E-state index in [1.54, 1.807) is 9.80 Å². The Morgan fingerprint density at radius 1 is 1.00 bits per heavy atom. The number of aliphatic hydroxyl groups excluding tert-OH is 1. The molecule has 13 nitrogen and oxygen atoms in total. The smallest absolute Gasteiger partial charge is 0.321 e. The third-order valence-electron chi connectivity index (χ3n) is 9.49. The van der Waals surface area contributed by atoms with Crippen molar-refractivity contribution in [3.05, 3.63) is 95.8 Å². The molecule has 14 heteroatoms. The van der Waals surface area contributed by atoms with Crippen molar-refractivity contribution in [3.8, 4) is 0 Å². The Hall–Kier alpha value is -4.79. The molecule has 1 aliphatic heterocycles. The average molecular weight is 746 g/mol. The van der Waals surface area contributed by atoms with Crippen LogP contribution in [0.15, 0.2) is 88.9 Å². The van der Waals surface area contributed by atoms with Crippen LogP contribution in [0.5, 0.6) is 0 Å². The van der Waals surface area contributed by atoms with E-state index in [1.807, 2.05) is 101 Å². The van der Waals surface area contributed by atoms with Crippen molar-refractivity contribution in [2.45, 2.75) is 70.7 Å². The number of amides is 3. The van der Waals surface area contributed by atoms with Crippen LogP contribution in [0.4, 0.5) is 4.79 Å². The van der Waals surface area contributed by atoms with E-state index >= 15 is 0 Å². The number of carbonyl (C=O) groups excluding carboxylic acids is 2. The lowest BCUT2D eigenvalue weighted by Crippen LogP contribution is -2.59. The van der Waals surface area contributed by atoms with Gasteiger partial charge in [-0.1, -0.05) is 94.4 Å². The number of aryl methyl sites for hydroxylation is 1. The zero-order valence-electron chi connectivity index (χ0n) is 31.3. The Morgan fingerprint density at radius 3 is 2.28 bits per heavy atom. The van der Waals surface area contributed by atoms with Gasteiger partial charge in [-0.3, -0.25) is 4.79 Å². The molecule has 3 atom stereocenters. The van der Waals surface area contributed by atoms with Gasteiger partial charge in [0.15, 0.2) is 0 Å². The second-order valence-electron chi connectivity index (χ2n) is 15.1. The Labute approximate surface area is 312 Å². The van der Waals surface area contributed by atoms with Gasteiger partial charge in [0.25, 0.3) is 0 Å². The molecule has 1 saturated heterocycles. The molecule has 0 bridgehead atoms. The van der Waals surface area contributed by atoms with E-state index in [9.17, 15) is 23.1 Å². The van der Waals surface area contributed by atoms with Gasteiger partial charge in [0, 0.05) is 33.2 Å². The van der Waals surface area contributed by atoms with Gasteiger partial charge in [0.2, 0.25) is 15.9 Å². The van der Waals surface area contributed by atoms with E-state index in [0.29, 0.717) is 18.7 Å². The molecule has 0 radical (unpaired) electrons. The van der Waals surface area contributed by atoms with Crippen LogP contribution in [0.2, 0.25) is 0 Å². The molecule has 0 saturated carbocycles. The number of carbonyl (C=O) groups is 2. The highest BCUT2D eigenvalue weighted by Crippen LogP contribution is 2.29. The van der Waals surface area contributed by atoms with Crippen LogP contribution in [0.1, 0.15) is 51.6 Å². The number of hydrogen-bond acceptors (Lipinski definition) is 8. The number of imidazole rings is 1. The van der Waals surface area contributed by atoms with Crippen molar-refractivity contribution < 1.29 is 28.3 Å². The molecule has 284 valence electrons. The van der Waals surface area contributed by atoms with Gasteiger partial charge < -0.3 is 30.0 Å². The first-order chi connectivity index (χ1) is 25.1. The van der Waals surface area contributed by atoms with Crippen LogP contribution < -0.4 is 5.32 Å². The molecule has 1 unspecified atom stereocenters. The van der Waals surface area contributed by atoms with Crippen molar-refractivity contribution >= 4 is 39.2 Å². The van der Waals surface area contributed by atoms with Crippen LogP contribution in [0.25, 0.3) is 11.0 Å². The standard InChI is InChI=1S/C39H51N7O6S/c1-27(2)24-45(53(51,52)30-18-16-29(17-19-30)23-40-50)25-34(47)32(22-28-12-8-7-9-13-28)42-37(48)36(39(3,4)5)46-21-20-44(38(46)49)26-35-41-31-14-10-11-15-33(31)43(35)6/h7-19,23,27,32,34,36,47,50H,20-22,24-26H2,1-6H3,(H,42,48)/b40-23+/t32-,34+,36?/m0/s1. The van der Waals surface area contributed by atoms with Crippen molar-refractivity contribution in [1.29, 1.82) is 0 Å². The van der Waals surface area contributed by atoms with Gasteiger partial charge in [0.1, 0.15) is 11.9 Å². The second-order valence-corrected chi connectivity index (χ2v) is 17.1. The summed E-state index contributed by atoms with van der Waals surface area (Å²) in [5.41, 5.74) is 2.48. The van der Waals surface area contributed by atoms with Crippen LogP contribution >= 0.6 is 0 Å². The predicted octanol–water partition coefficient (Wildman–Crippen LogP) is 4.47. The molecule has 1 fully saturated rings. The third kappa shape index (κ3) is 9.24. The van der Waals surface area contributed by atoms with Gasteiger partial charge >= 0.3 is 6.03 Å². The summed E-state index contributed by atoms with van der Waals surface area (Å²) in [7, 11) is -2.15. The van der Waals surface area contributed by atoms with Gasteiger partial charge in [-0.25, -0.2) is 18.2 Å². The highest BCUT2D eigenvalue weighted by atomic mass is 32.2. The van der Waals surface area contributed by atoms with Crippen LogP contribution in [-0.4, -0.2) is 105 Å². The summed E-state index contributed by atoms with van der Waals surface area (Å²) in [4.78, 5) is 36.4. The molecule has 2 heterocycles. The Balaban J connectivity index is 1.39. The predicted molar refractivity (Wildman–Crippen MR) is 204 cm³/mol. The lowest BCUT2D eigenvalue weighted by Gasteiger charge is -2.38. The van der Waals surface area contributed by atoms with E-state index in [2.05, 4.69) is 10.5 Å². The minimum absolute atomic E-state index is 0.0209. The summed E-state index contributed by atoms with van der Waals surface area (Å²) in [6, 6.07) is 21.0. The van der Waals surface area contributed by atoms with Gasteiger partial charge in [-0.05, 0) is 53.1 Å². The van der Waals surface area contributed by atoms with Crippen LogP contribution in [-0.2, 0) is 34.8 Å². The monoisotopic (exact) mass is 745 g/mol. The first kappa shape index (κ1) is 39.4. The van der Waals surface area contributed by atoms with Gasteiger partial charge in [0.05, 0.1) is 40.8 Å². The summed E-state index contributed by atoms with van der Waals surface area (Å²) in [6.07, 6.45) is 0.114. The van der Waals surface area contributed by atoms with Crippen molar-refractivity contribution in [2.75, 3.05) is 26.2 Å². The number of rotatable bonds is 15. The molecule has 4 aromatic rings. The van der Waals surface area contributed by atoms with E-state index in [0.717, 1.165) is 22.4 Å². The number of sulfonamides is 1. The number of urea groups is 1. The molecule has 53 heavy (non-hydrogen) atoms. The van der Waals surface area contributed by atoms with E-state index in [4.69, 9.17) is 10.2 Å². The van der Waals surface area contributed by atoms with E-state index in [-0.39, 0.29) is 42.9 Å². The number of oxime groups is 1. The molecule has 3 aromatic carbocycles. The fraction of sp³-hybridized carbons (Fsp3) is 0.436. The normalized spacial score (nSPS) is 15.9. The quantitative estimate of drug-likeness (QED) is 0.0920. The zero-order chi connectivity index (χ0) is 38.5. The Morgan fingerprint density at radius 2 is 1.66 bits per heavy atom. The molecule has 3 N–H and O–H groups in total. The molecule has 5 rings (SSSR count). The highest BCUT2D eigenvalue weighted by molar-refractivity contribution is 7.89. The number of aromatic nitrogens is 2. The SMILES string of the molecule is CC(C)CN(C[C@@H](O)[C@H](Cc1ccccc1)NC(=O)C(N1CCN(Cc2nc3ccccc3n2C)C1=O)C(C)(C)C)S(=O)(=O)c1ccc(/C=N/O)cc1. The first-order valence-electron chi connectivity index (χ1n) is 17.9. The lowest BCUT2D eigenvalue weighted by molar-refractivity contribution is -0.130. The zero-order valence-corrected chi connectivity index (χ0v) is 32.1. The molecular weight excluding hydrogens is 695 g/mol. The molecule has 0 spiro atoms. The number of fused-ring (bicyclic) bond motifs is 1. The lowest BCUT2D eigenvalue weighted by atomic mass is 9.84. The fourth-order valence-corrected chi connectivity index (χ4v) is 8.49. The van der Waals surface area contributed by atoms with Crippen molar-refractivity contribution in [1.82, 2.24) is 29.0 Å². The number of benzene rings is 3. The maximum Gasteiger partial charge on any atom is 0.321 e. The molecule has 1 aromatic heterocycles. The summed E-state index contributed by atoms with van der Waals surface area (Å²) in [5.74, 6) is 0.230. The Bertz CT molecular complexity index is 2010. The average Bonchev–Trinajstić information content (AvgIpc) is 3.62. The van der Waals surface area contributed by atoms with Crippen LogP contribution in [0, 0.1) is 11.3 Å². The maximum atomic E-state index is 14.4. The van der Waals surface area contributed by atoms with Crippen LogP contribution in [0.3, 0.4) is 0 Å². The largest absolute Gasteiger partial charge is 0.411 e. The number of nitrogens with zero attached hydrogens (tertiary/aromatic N) is 6. The van der Waals surface area contributed by atoms with Crippen molar-refractivity contribution in [3.63, 3.8) is 0 Å². The summed E-state index contributed by atoms with van der Waals surface area (Å²) >= 11 is 0.